The smallest absolute Gasteiger partial charge is 0.0297 e. The molecule has 1 fully saturated rings. The average Bonchev–Trinajstić information content (AvgIpc) is 2.41. The van der Waals surface area contributed by atoms with Crippen molar-refractivity contribution in [3.63, 3.8) is 0 Å². The number of rotatable bonds is 5. The first-order valence-corrected chi connectivity index (χ1v) is 8.79. The van der Waals surface area contributed by atoms with Gasteiger partial charge in [-0.25, -0.2) is 0 Å². The summed E-state index contributed by atoms with van der Waals surface area (Å²) in [5.74, 6) is 1.77. The van der Waals surface area contributed by atoms with Crippen LogP contribution in [0.3, 0.4) is 0 Å². The second-order valence-corrected chi connectivity index (χ2v) is 7.61. The Morgan fingerprint density at radius 3 is 2.62 bits per heavy atom. The van der Waals surface area contributed by atoms with Crippen molar-refractivity contribution in [3.8, 4) is 0 Å². The topological polar surface area (TPSA) is 12.0 Å². The van der Waals surface area contributed by atoms with E-state index in [1.54, 1.807) is 0 Å². The fourth-order valence-electron chi connectivity index (χ4n) is 3.99. The van der Waals surface area contributed by atoms with Crippen LogP contribution in [0.5, 0.6) is 0 Å². The molecule has 3 atom stereocenters. The largest absolute Gasteiger partial charge is 0.307 e. The minimum Gasteiger partial charge on any atom is -0.307 e. The molecule has 0 heterocycles. The quantitative estimate of drug-likeness (QED) is 0.747. The van der Waals surface area contributed by atoms with Crippen molar-refractivity contribution >= 4 is 0 Å². The summed E-state index contributed by atoms with van der Waals surface area (Å²) in [5.41, 5.74) is 4.25. The molecule has 0 aromatic heterocycles. The van der Waals surface area contributed by atoms with E-state index in [0.717, 1.165) is 11.8 Å². The molecule has 1 aromatic carbocycles. The lowest BCUT2D eigenvalue weighted by Crippen LogP contribution is -2.36. The molecule has 1 saturated carbocycles. The van der Waals surface area contributed by atoms with Crippen LogP contribution in [-0.4, -0.2) is 6.04 Å². The van der Waals surface area contributed by atoms with Crippen molar-refractivity contribution in [2.75, 3.05) is 0 Å². The minimum absolute atomic E-state index is 0.465. The Bertz CT molecular complexity index is 449. The highest BCUT2D eigenvalue weighted by Crippen LogP contribution is 2.31. The van der Waals surface area contributed by atoms with E-state index in [4.69, 9.17) is 0 Å². The minimum atomic E-state index is 0.465. The van der Waals surface area contributed by atoms with Crippen molar-refractivity contribution in [2.45, 2.75) is 78.8 Å². The molecule has 118 valence electrons. The molecule has 1 aliphatic rings. The van der Waals surface area contributed by atoms with Gasteiger partial charge in [0.1, 0.15) is 0 Å². The average molecular weight is 287 g/mol. The van der Waals surface area contributed by atoms with Gasteiger partial charge in [-0.05, 0) is 63.0 Å². The molecule has 1 nitrogen and oxygen atoms in total. The van der Waals surface area contributed by atoms with Gasteiger partial charge in [0.25, 0.3) is 0 Å². The monoisotopic (exact) mass is 287 g/mol. The normalized spacial score (nSPS) is 24.3. The molecule has 1 N–H and O–H groups in total. The highest BCUT2D eigenvalue weighted by Gasteiger charge is 2.24. The summed E-state index contributed by atoms with van der Waals surface area (Å²) >= 11 is 0. The number of benzene rings is 1. The van der Waals surface area contributed by atoms with E-state index in [0.29, 0.717) is 12.1 Å². The van der Waals surface area contributed by atoms with Gasteiger partial charge < -0.3 is 5.32 Å². The second kappa shape index (κ2) is 7.45. The van der Waals surface area contributed by atoms with E-state index >= 15 is 0 Å². The van der Waals surface area contributed by atoms with Crippen molar-refractivity contribution in [1.29, 1.82) is 0 Å². The maximum absolute atomic E-state index is 3.91. The molecule has 2 rings (SSSR count). The first-order valence-electron chi connectivity index (χ1n) is 8.79. The zero-order valence-corrected chi connectivity index (χ0v) is 14.6. The van der Waals surface area contributed by atoms with Gasteiger partial charge in [-0.3, -0.25) is 0 Å². The Kier molecular flexibility index (Phi) is 5.87. The van der Waals surface area contributed by atoms with Gasteiger partial charge in [-0.2, -0.15) is 0 Å². The first-order chi connectivity index (χ1) is 9.95. The van der Waals surface area contributed by atoms with Crippen molar-refractivity contribution in [3.05, 3.63) is 34.9 Å². The molecule has 0 saturated heterocycles. The maximum Gasteiger partial charge on any atom is 0.0297 e. The van der Waals surface area contributed by atoms with Crippen LogP contribution in [0.2, 0.25) is 0 Å². The molecule has 0 aliphatic heterocycles. The van der Waals surface area contributed by atoms with Crippen molar-refractivity contribution < 1.29 is 0 Å². The molecular weight excluding hydrogens is 254 g/mol. The van der Waals surface area contributed by atoms with Crippen LogP contribution in [0.1, 0.15) is 75.6 Å². The van der Waals surface area contributed by atoms with E-state index in [-0.39, 0.29) is 0 Å². The van der Waals surface area contributed by atoms with Crippen LogP contribution >= 0.6 is 0 Å². The lowest BCUT2D eigenvalue weighted by molar-refractivity contribution is 0.242. The van der Waals surface area contributed by atoms with Gasteiger partial charge in [0.2, 0.25) is 0 Å². The molecule has 0 bridgehead atoms. The predicted octanol–water partition coefficient (Wildman–Crippen LogP) is 5.56. The fraction of sp³-hybridized carbons (Fsp3) is 0.700. The van der Waals surface area contributed by atoms with E-state index in [9.17, 15) is 0 Å². The van der Waals surface area contributed by atoms with Crippen molar-refractivity contribution in [1.82, 2.24) is 5.32 Å². The molecule has 0 radical (unpaired) electrons. The third-order valence-electron chi connectivity index (χ3n) is 4.97. The van der Waals surface area contributed by atoms with Gasteiger partial charge in [-0.15, -0.1) is 0 Å². The Morgan fingerprint density at radius 1 is 1.14 bits per heavy atom. The van der Waals surface area contributed by atoms with Gasteiger partial charge in [0, 0.05) is 12.1 Å². The Labute approximate surface area is 131 Å². The standard InChI is InChI=1S/C20H33N/c1-14(2)11-18-7-6-8-19(13-18)21-17(5)20-12-15(3)9-10-16(20)4/h9-10,12,14,17-19,21H,6-8,11,13H2,1-5H3. The molecule has 3 unspecified atom stereocenters. The maximum atomic E-state index is 3.91. The molecule has 1 aliphatic carbocycles. The summed E-state index contributed by atoms with van der Waals surface area (Å²) in [6.07, 6.45) is 6.95. The Morgan fingerprint density at radius 2 is 1.90 bits per heavy atom. The van der Waals surface area contributed by atoms with Crippen molar-refractivity contribution in [2.24, 2.45) is 11.8 Å². The molecule has 1 heteroatoms. The number of nitrogens with one attached hydrogen (secondary N) is 1. The first kappa shape index (κ1) is 16.5. The van der Waals surface area contributed by atoms with Crippen LogP contribution in [0.15, 0.2) is 18.2 Å². The zero-order valence-electron chi connectivity index (χ0n) is 14.6. The number of hydrogen-bond donors (Lipinski definition) is 1. The molecule has 21 heavy (non-hydrogen) atoms. The lowest BCUT2D eigenvalue weighted by atomic mass is 9.80. The number of hydrogen-bond acceptors (Lipinski definition) is 1. The van der Waals surface area contributed by atoms with E-state index in [1.165, 1.54) is 48.8 Å². The summed E-state index contributed by atoms with van der Waals surface area (Å²) in [6, 6.07) is 7.99. The van der Waals surface area contributed by atoms with Crippen LogP contribution in [0, 0.1) is 25.7 Å². The van der Waals surface area contributed by atoms with Gasteiger partial charge in [0.15, 0.2) is 0 Å². The van der Waals surface area contributed by atoms with Crippen LogP contribution in [-0.2, 0) is 0 Å². The van der Waals surface area contributed by atoms with Crippen LogP contribution in [0.4, 0.5) is 0 Å². The third kappa shape index (κ3) is 4.85. The molecule has 1 aromatic rings. The second-order valence-electron chi connectivity index (χ2n) is 7.61. The molecular formula is C20H33N. The Hall–Kier alpha value is -0.820. The van der Waals surface area contributed by atoms with E-state index in [1.807, 2.05) is 0 Å². The SMILES string of the molecule is Cc1ccc(C)c(C(C)NC2CCCC(CC(C)C)C2)c1. The summed E-state index contributed by atoms with van der Waals surface area (Å²) in [7, 11) is 0. The zero-order chi connectivity index (χ0) is 15.4. The van der Waals surface area contributed by atoms with Crippen LogP contribution in [0.25, 0.3) is 0 Å². The van der Waals surface area contributed by atoms with Gasteiger partial charge in [-0.1, -0.05) is 50.5 Å². The van der Waals surface area contributed by atoms with Crippen LogP contribution < -0.4 is 5.32 Å². The van der Waals surface area contributed by atoms with E-state index in [2.05, 4.69) is 58.1 Å². The molecule has 0 amide bonds. The van der Waals surface area contributed by atoms with Gasteiger partial charge in [0.05, 0.1) is 0 Å². The predicted molar refractivity (Wildman–Crippen MR) is 92.7 cm³/mol. The Balaban J connectivity index is 1.95. The van der Waals surface area contributed by atoms with Gasteiger partial charge >= 0.3 is 0 Å². The summed E-state index contributed by atoms with van der Waals surface area (Å²) in [5, 5.41) is 3.91. The fourth-order valence-corrected chi connectivity index (χ4v) is 3.99. The third-order valence-corrected chi connectivity index (χ3v) is 4.97. The highest BCUT2D eigenvalue weighted by atomic mass is 14.9. The summed E-state index contributed by atoms with van der Waals surface area (Å²) in [4.78, 5) is 0. The highest BCUT2D eigenvalue weighted by molar-refractivity contribution is 5.32. The van der Waals surface area contributed by atoms with E-state index < -0.39 is 0 Å². The summed E-state index contributed by atoms with van der Waals surface area (Å²) in [6.45, 7) is 11.5. The summed E-state index contributed by atoms with van der Waals surface area (Å²) < 4.78 is 0. The number of aryl methyl sites for hydroxylation is 2. The molecule has 0 spiro atoms. The lowest BCUT2D eigenvalue weighted by Gasteiger charge is -2.33.